The highest BCUT2D eigenvalue weighted by Gasteiger charge is 2.09. The molecule has 0 bridgehead atoms. The number of benzene rings is 2. The number of para-hydroxylation sites is 1. The van der Waals surface area contributed by atoms with Crippen LogP contribution in [-0.4, -0.2) is 24.5 Å². The third kappa shape index (κ3) is 6.22. The molecular formula is C20H24N2O4. The SMILES string of the molecule is Cc1ccccc1OCC(=O)NNC(=O)c1ccc(COC(C)C)cc1. The summed E-state index contributed by atoms with van der Waals surface area (Å²) in [6, 6.07) is 14.4. The minimum absolute atomic E-state index is 0.148. The summed E-state index contributed by atoms with van der Waals surface area (Å²) in [5.41, 5.74) is 7.06. The van der Waals surface area contributed by atoms with Crippen molar-refractivity contribution >= 4 is 11.8 Å². The summed E-state index contributed by atoms with van der Waals surface area (Å²) in [7, 11) is 0. The predicted molar refractivity (Wildman–Crippen MR) is 98.6 cm³/mol. The molecule has 0 saturated heterocycles. The highest BCUT2D eigenvalue weighted by Crippen LogP contribution is 2.15. The lowest BCUT2D eigenvalue weighted by Gasteiger charge is -2.11. The minimum atomic E-state index is -0.441. The van der Waals surface area contributed by atoms with Gasteiger partial charge in [-0.3, -0.25) is 20.4 Å². The Morgan fingerprint density at radius 2 is 1.69 bits per heavy atom. The number of amides is 2. The second-order valence-electron chi connectivity index (χ2n) is 6.11. The fraction of sp³-hybridized carbons (Fsp3) is 0.300. The highest BCUT2D eigenvalue weighted by molar-refractivity contribution is 5.95. The molecule has 138 valence electrons. The summed E-state index contributed by atoms with van der Waals surface area (Å²) >= 11 is 0. The van der Waals surface area contributed by atoms with Crippen LogP contribution in [0.3, 0.4) is 0 Å². The van der Waals surface area contributed by atoms with E-state index in [2.05, 4.69) is 10.9 Å². The van der Waals surface area contributed by atoms with Crippen molar-refractivity contribution in [3.8, 4) is 5.75 Å². The van der Waals surface area contributed by atoms with E-state index in [9.17, 15) is 9.59 Å². The fourth-order valence-electron chi connectivity index (χ4n) is 2.11. The monoisotopic (exact) mass is 356 g/mol. The molecule has 6 heteroatoms. The van der Waals surface area contributed by atoms with Gasteiger partial charge in [0.05, 0.1) is 12.7 Å². The molecule has 0 aliphatic rings. The van der Waals surface area contributed by atoms with E-state index in [1.54, 1.807) is 18.2 Å². The average Bonchev–Trinajstić information content (AvgIpc) is 2.64. The zero-order valence-electron chi connectivity index (χ0n) is 15.2. The normalized spacial score (nSPS) is 10.5. The second kappa shape index (κ2) is 9.58. The molecule has 0 heterocycles. The standard InChI is InChI=1S/C20H24N2O4/c1-14(2)25-12-16-8-10-17(11-9-16)20(24)22-21-19(23)13-26-18-7-5-4-6-15(18)3/h4-11,14H,12-13H2,1-3H3,(H,21,23)(H,22,24). The second-order valence-corrected chi connectivity index (χ2v) is 6.11. The van der Waals surface area contributed by atoms with E-state index >= 15 is 0 Å². The van der Waals surface area contributed by atoms with Crippen molar-refractivity contribution in [1.29, 1.82) is 0 Å². The van der Waals surface area contributed by atoms with Crippen LogP contribution in [-0.2, 0) is 16.1 Å². The molecule has 0 unspecified atom stereocenters. The van der Waals surface area contributed by atoms with Gasteiger partial charge in [-0.15, -0.1) is 0 Å². The van der Waals surface area contributed by atoms with E-state index in [-0.39, 0.29) is 12.7 Å². The Morgan fingerprint density at radius 1 is 1.00 bits per heavy atom. The summed E-state index contributed by atoms with van der Waals surface area (Å²) in [5, 5.41) is 0. The third-order valence-corrected chi connectivity index (χ3v) is 3.57. The quantitative estimate of drug-likeness (QED) is 0.748. The van der Waals surface area contributed by atoms with Crippen molar-refractivity contribution in [3.63, 3.8) is 0 Å². The maximum absolute atomic E-state index is 12.1. The van der Waals surface area contributed by atoms with Crippen LogP contribution in [0.5, 0.6) is 5.75 Å². The van der Waals surface area contributed by atoms with Crippen molar-refractivity contribution in [1.82, 2.24) is 10.9 Å². The summed E-state index contributed by atoms with van der Waals surface area (Å²) in [6.07, 6.45) is 0.148. The molecule has 2 N–H and O–H groups in total. The van der Waals surface area contributed by atoms with Crippen LogP contribution in [0.4, 0.5) is 0 Å². The number of hydrogen-bond donors (Lipinski definition) is 2. The Bertz CT molecular complexity index is 742. The lowest BCUT2D eigenvalue weighted by atomic mass is 10.1. The Kier molecular flexibility index (Phi) is 7.17. The van der Waals surface area contributed by atoms with Gasteiger partial charge in [0, 0.05) is 5.56 Å². The molecule has 0 saturated carbocycles. The van der Waals surface area contributed by atoms with Crippen molar-refractivity contribution in [2.75, 3.05) is 6.61 Å². The van der Waals surface area contributed by atoms with Gasteiger partial charge in [-0.2, -0.15) is 0 Å². The average molecular weight is 356 g/mol. The Labute approximate surface area is 153 Å². The van der Waals surface area contributed by atoms with E-state index in [0.717, 1.165) is 11.1 Å². The maximum Gasteiger partial charge on any atom is 0.276 e. The molecule has 0 spiro atoms. The molecule has 0 atom stereocenters. The lowest BCUT2D eigenvalue weighted by Crippen LogP contribution is -2.43. The van der Waals surface area contributed by atoms with Crippen LogP contribution in [0.2, 0.25) is 0 Å². The molecule has 6 nitrogen and oxygen atoms in total. The topological polar surface area (TPSA) is 76.7 Å². The molecular weight excluding hydrogens is 332 g/mol. The number of aryl methyl sites for hydroxylation is 1. The molecule has 0 fully saturated rings. The zero-order chi connectivity index (χ0) is 18.9. The summed E-state index contributed by atoms with van der Waals surface area (Å²) in [6.45, 7) is 6.13. The molecule has 0 radical (unpaired) electrons. The van der Waals surface area contributed by atoms with Crippen molar-refractivity contribution in [2.24, 2.45) is 0 Å². The number of nitrogens with one attached hydrogen (secondary N) is 2. The lowest BCUT2D eigenvalue weighted by molar-refractivity contribution is -0.123. The fourth-order valence-corrected chi connectivity index (χ4v) is 2.11. The van der Waals surface area contributed by atoms with E-state index in [0.29, 0.717) is 17.9 Å². The summed E-state index contributed by atoms with van der Waals surface area (Å²) < 4.78 is 10.9. The van der Waals surface area contributed by atoms with E-state index in [1.807, 2.05) is 51.1 Å². The van der Waals surface area contributed by atoms with Crippen LogP contribution >= 0.6 is 0 Å². The first-order valence-electron chi connectivity index (χ1n) is 8.44. The van der Waals surface area contributed by atoms with Crippen LogP contribution in [0, 0.1) is 6.92 Å². The third-order valence-electron chi connectivity index (χ3n) is 3.57. The van der Waals surface area contributed by atoms with Gasteiger partial charge in [0.1, 0.15) is 5.75 Å². The maximum atomic E-state index is 12.1. The first kappa shape index (κ1) is 19.5. The van der Waals surface area contributed by atoms with Crippen LogP contribution in [0.15, 0.2) is 48.5 Å². The number of carbonyl (C=O) groups is 2. The first-order valence-corrected chi connectivity index (χ1v) is 8.44. The van der Waals surface area contributed by atoms with E-state index in [1.165, 1.54) is 0 Å². The van der Waals surface area contributed by atoms with E-state index < -0.39 is 11.8 Å². The smallest absolute Gasteiger partial charge is 0.276 e. The van der Waals surface area contributed by atoms with Gasteiger partial charge in [0.2, 0.25) is 0 Å². The molecule has 0 aliphatic carbocycles. The molecule has 2 rings (SSSR count). The Morgan fingerprint density at radius 3 is 2.35 bits per heavy atom. The molecule has 0 aromatic heterocycles. The first-order chi connectivity index (χ1) is 12.5. The summed E-state index contributed by atoms with van der Waals surface area (Å²) in [5.74, 6) is -0.206. The molecule has 0 aliphatic heterocycles. The van der Waals surface area contributed by atoms with Gasteiger partial charge in [-0.05, 0) is 50.1 Å². The van der Waals surface area contributed by atoms with Crippen LogP contribution in [0.1, 0.15) is 35.3 Å². The van der Waals surface area contributed by atoms with E-state index in [4.69, 9.17) is 9.47 Å². The molecule has 2 aromatic carbocycles. The van der Waals surface area contributed by atoms with Gasteiger partial charge < -0.3 is 9.47 Å². The number of hydrazine groups is 1. The van der Waals surface area contributed by atoms with Gasteiger partial charge >= 0.3 is 0 Å². The minimum Gasteiger partial charge on any atom is -0.483 e. The predicted octanol–water partition coefficient (Wildman–Crippen LogP) is 2.76. The largest absolute Gasteiger partial charge is 0.483 e. The number of rotatable bonds is 7. The van der Waals surface area contributed by atoms with Crippen molar-refractivity contribution < 1.29 is 19.1 Å². The highest BCUT2D eigenvalue weighted by atomic mass is 16.5. The van der Waals surface area contributed by atoms with Gasteiger partial charge in [0.15, 0.2) is 6.61 Å². The van der Waals surface area contributed by atoms with Gasteiger partial charge in [0.25, 0.3) is 11.8 Å². The van der Waals surface area contributed by atoms with Gasteiger partial charge in [-0.1, -0.05) is 30.3 Å². The van der Waals surface area contributed by atoms with Gasteiger partial charge in [-0.25, -0.2) is 0 Å². The molecule has 2 amide bonds. The van der Waals surface area contributed by atoms with Crippen molar-refractivity contribution in [2.45, 2.75) is 33.5 Å². The number of carbonyl (C=O) groups excluding carboxylic acids is 2. The summed E-state index contributed by atoms with van der Waals surface area (Å²) in [4.78, 5) is 23.9. The Balaban J connectivity index is 1.77. The molecule has 26 heavy (non-hydrogen) atoms. The van der Waals surface area contributed by atoms with Crippen LogP contribution in [0.25, 0.3) is 0 Å². The number of ether oxygens (including phenoxy) is 2. The zero-order valence-corrected chi connectivity index (χ0v) is 15.2. The van der Waals surface area contributed by atoms with Crippen LogP contribution < -0.4 is 15.6 Å². The number of hydrogen-bond acceptors (Lipinski definition) is 4. The van der Waals surface area contributed by atoms with Crippen molar-refractivity contribution in [3.05, 3.63) is 65.2 Å². The molecule has 2 aromatic rings. The Hall–Kier alpha value is -2.86.